The van der Waals surface area contributed by atoms with Gasteiger partial charge in [-0.2, -0.15) is 0 Å². The number of aliphatic hydroxyl groups is 1. The Kier molecular flexibility index (Phi) is 5.86. The predicted molar refractivity (Wildman–Crippen MR) is 114 cm³/mol. The van der Waals surface area contributed by atoms with Gasteiger partial charge in [0.05, 0.1) is 17.7 Å². The third-order valence-corrected chi connectivity index (χ3v) is 5.72. The summed E-state index contributed by atoms with van der Waals surface area (Å²) >= 11 is 0. The smallest absolute Gasteiger partial charge is 0.270 e. The molecule has 150 valence electrons. The van der Waals surface area contributed by atoms with E-state index in [2.05, 4.69) is 34.3 Å². The molecule has 1 aromatic carbocycles. The first-order valence-electron chi connectivity index (χ1n) is 10.5. The Morgan fingerprint density at radius 3 is 2.76 bits per heavy atom. The number of aromatic nitrogens is 2. The summed E-state index contributed by atoms with van der Waals surface area (Å²) < 4.78 is 0. The summed E-state index contributed by atoms with van der Waals surface area (Å²) in [4.78, 5) is 22.0. The fourth-order valence-corrected chi connectivity index (χ4v) is 4.02. The molecular formula is C24H27N3O2. The minimum absolute atomic E-state index is 0.196. The van der Waals surface area contributed by atoms with E-state index in [1.807, 2.05) is 36.5 Å². The van der Waals surface area contributed by atoms with Crippen LogP contribution in [0.4, 0.5) is 0 Å². The van der Waals surface area contributed by atoms with Crippen LogP contribution in [-0.4, -0.2) is 33.1 Å². The molecule has 0 saturated heterocycles. The maximum atomic E-state index is 12.9. The van der Waals surface area contributed by atoms with Crippen LogP contribution in [0.1, 0.15) is 59.9 Å². The third kappa shape index (κ3) is 4.46. The number of pyridine rings is 2. The van der Waals surface area contributed by atoms with E-state index in [-0.39, 0.29) is 11.9 Å². The van der Waals surface area contributed by atoms with Gasteiger partial charge in [0.2, 0.25) is 0 Å². The molecule has 1 aliphatic rings. The molecular weight excluding hydrogens is 362 g/mol. The predicted octanol–water partition coefficient (Wildman–Crippen LogP) is 3.82. The number of amides is 1. The van der Waals surface area contributed by atoms with Gasteiger partial charge in [0.25, 0.3) is 5.91 Å². The van der Waals surface area contributed by atoms with Crippen LogP contribution in [0.5, 0.6) is 0 Å². The van der Waals surface area contributed by atoms with Gasteiger partial charge in [0.15, 0.2) is 0 Å². The Labute approximate surface area is 171 Å². The second-order valence-corrected chi connectivity index (χ2v) is 7.80. The van der Waals surface area contributed by atoms with Gasteiger partial charge in [-0.05, 0) is 55.0 Å². The van der Waals surface area contributed by atoms with E-state index in [4.69, 9.17) is 0 Å². The van der Waals surface area contributed by atoms with Crippen molar-refractivity contribution in [2.24, 2.45) is 0 Å². The summed E-state index contributed by atoms with van der Waals surface area (Å²) in [5.74, 6) is -0.220. The van der Waals surface area contributed by atoms with E-state index in [1.165, 1.54) is 0 Å². The fraction of sp³-hybridized carbons (Fsp3) is 0.375. The fourth-order valence-electron chi connectivity index (χ4n) is 4.02. The van der Waals surface area contributed by atoms with E-state index >= 15 is 0 Å². The van der Waals surface area contributed by atoms with Crippen LogP contribution in [0, 0.1) is 0 Å². The Morgan fingerprint density at radius 2 is 2.00 bits per heavy atom. The molecule has 2 N–H and O–H groups in total. The molecule has 4 rings (SSSR count). The van der Waals surface area contributed by atoms with E-state index in [0.29, 0.717) is 12.1 Å². The van der Waals surface area contributed by atoms with Crippen LogP contribution in [0.2, 0.25) is 0 Å². The van der Waals surface area contributed by atoms with Gasteiger partial charge in [0.1, 0.15) is 5.69 Å². The zero-order valence-electron chi connectivity index (χ0n) is 16.8. The molecule has 1 amide bonds. The van der Waals surface area contributed by atoms with Gasteiger partial charge in [-0.1, -0.05) is 44.0 Å². The number of nitrogens with one attached hydrogen (secondary N) is 1. The molecule has 1 fully saturated rings. The maximum absolute atomic E-state index is 12.9. The van der Waals surface area contributed by atoms with Crippen LogP contribution in [0.15, 0.2) is 48.7 Å². The number of carbonyl (C=O) groups excluding carboxylic acids is 1. The van der Waals surface area contributed by atoms with Crippen molar-refractivity contribution >= 4 is 16.8 Å². The normalized spacial score (nSPS) is 19.2. The number of nitrogens with zero attached hydrogens (tertiary/aromatic N) is 2. The number of aryl methyl sites for hydroxylation is 1. The lowest BCUT2D eigenvalue weighted by atomic mass is 9.92. The van der Waals surface area contributed by atoms with Crippen LogP contribution in [0.25, 0.3) is 10.9 Å². The molecule has 2 heterocycles. The van der Waals surface area contributed by atoms with E-state index in [1.54, 1.807) is 0 Å². The second kappa shape index (κ2) is 8.70. The maximum Gasteiger partial charge on any atom is 0.270 e. The first-order chi connectivity index (χ1) is 14.1. The van der Waals surface area contributed by atoms with Crippen molar-refractivity contribution in [3.63, 3.8) is 0 Å². The molecule has 2 aromatic heterocycles. The Bertz CT molecular complexity index is 1000. The highest BCUT2D eigenvalue weighted by atomic mass is 16.3. The topological polar surface area (TPSA) is 75.1 Å². The van der Waals surface area contributed by atoms with Crippen molar-refractivity contribution in [2.45, 2.75) is 57.6 Å². The highest BCUT2D eigenvalue weighted by molar-refractivity contribution is 5.96. The average Bonchev–Trinajstić information content (AvgIpc) is 2.76. The van der Waals surface area contributed by atoms with Gasteiger partial charge in [-0.15, -0.1) is 0 Å². The van der Waals surface area contributed by atoms with Crippen molar-refractivity contribution in [1.82, 2.24) is 15.3 Å². The molecule has 1 saturated carbocycles. The first kappa shape index (κ1) is 19.5. The Hall–Kier alpha value is -2.79. The summed E-state index contributed by atoms with van der Waals surface area (Å²) in [5.41, 5.74) is 4.43. The number of fused-ring (bicyclic) bond motifs is 1. The van der Waals surface area contributed by atoms with Crippen molar-refractivity contribution in [3.8, 4) is 0 Å². The lowest BCUT2D eigenvalue weighted by Crippen LogP contribution is -2.45. The van der Waals surface area contributed by atoms with Crippen molar-refractivity contribution in [3.05, 3.63) is 71.2 Å². The van der Waals surface area contributed by atoms with Crippen molar-refractivity contribution < 1.29 is 9.90 Å². The summed E-state index contributed by atoms with van der Waals surface area (Å²) in [6, 6.07) is 13.7. The van der Waals surface area contributed by atoms with Gasteiger partial charge >= 0.3 is 0 Å². The summed E-state index contributed by atoms with van der Waals surface area (Å²) in [6.45, 7) is 2.09. The molecule has 0 bridgehead atoms. The minimum atomic E-state index is -0.476. The van der Waals surface area contributed by atoms with E-state index < -0.39 is 6.10 Å². The van der Waals surface area contributed by atoms with Crippen LogP contribution < -0.4 is 5.32 Å². The highest BCUT2D eigenvalue weighted by Gasteiger charge is 2.25. The minimum Gasteiger partial charge on any atom is -0.391 e. The molecule has 29 heavy (non-hydrogen) atoms. The highest BCUT2D eigenvalue weighted by Crippen LogP contribution is 2.23. The first-order valence-corrected chi connectivity index (χ1v) is 10.5. The number of hydrogen-bond acceptors (Lipinski definition) is 4. The Morgan fingerprint density at radius 1 is 1.17 bits per heavy atom. The van der Waals surface area contributed by atoms with Crippen LogP contribution >= 0.6 is 0 Å². The van der Waals surface area contributed by atoms with Gasteiger partial charge < -0.3 is 10.4 Å². The SMILES string of the molecule is CCc1ccc(Cc2cc(C(=O)N[C@H]3CCCC[C@@H]3O)nc3ccccc23)cn1. The second-order valence-electron chi connectivity index (χ2n) is 7.80. The molecule has 0 radical (unpaired) electrons. The number of rotatable bonds is 5. The van der Waals surface area contributed by atoms with Crippen LogP contribution in [0.3, 0.4) is 0 Å². The average molecular weight is 389 g/mol. The summed E-state index contributed by atoms with van der Waals surface area (Å²) in [6.07, 6.45) is 6.62. The number of para-hydroxylation sites is 1. The lowest BCUT2D eigenvalue weighted by molar-refractivity contribution is 0.0714. The molecule has 3 aromatic rings. The molecule has 0 spiro atoms. The number of hydrogen-bond donors (Lipinski definition) is 2. The molecule has 5 nitrogen and oxygen atoms in total. The lowest BCUT2D eigenvalue weighted by Gasteiger charge is -2.28. The van der Waals surface area contributed by atoms with Gasteiger partial charge in [0, 0.05) is 17.3 Å². The largest absolute Gasteiger partial charge is 0.391 e. The number of carbonyl (C=O) groups is 1. The number of aliphatic hydroxyl groups excluding tert-OH is 1. The third-order valence-electron chi connectivity index (χ3n) is 5.72. The molecule has 2 atom stereocenters. The van der Waals surface area contributed by atoms with Gasteiger partial charge in [-0.3, -0.25) is 9.78 Å². The Balaban J connectivity index is 1.63. The van der Waals surface area contributed by atoms with Crippen LogP contribution in [-0.2, 0) is 12.8 Å². The summed E-state index contributed by atoms with van der Waals surface area (Å²) in [7, 11) is 0. The molecule has 0 aliphatic heterocycles. The standard InChI is InChI=1S/C24H27N3O2/c1-2-18-12-11-16(15-25-18)13-17-14-22(26-20-8-4-3-7-19(17)20)24(29)27-21-9-5-6-10-23(21)28/h3-4,7-8,11-12,14-15,21,23,28H,2,5-6,9-10,13H2,1H3,(H,27,29)/t21-,23-/m0/s1. The molecule has 1 aliphatic carbocycles. The molecule has 5 heteroatoms. The molecule has 0 unspecified atom stereocenters. The summed E-state index contributed by atoms with van der Waals surface area (Å²) in [5, 5.41) is 14.2. The quantitative estimate of drug-likeness (QED) is 0.696. The van der Waals surface area contributed by atoms with E-state index in [0.717, 1.165) is 59.8 Å². The van der Waals surface area contributed by atoms with Crippen molar-refractivity contribution in [2.75, 3.05) is 0 Å². The van der Waals surface area contributed by atoms with Gasteiger partial charge in [-0.25, -0.2) is 4.98 Å². The van der Waals surface area contributed by atoms with Crippen molar-refractivity contribution in [1.29, 1.82) is 0 Å². The monoisotopic (exact) mass is 389 g/mol. The number of benzene rings is 1. The zero-order chi connectivity index (χ0) is 20.2. The zero-order valence-corrected chi connectivity index (χ0v) is 16.8. The van der Waals surface area contributed by atoms with E-state index in [9.17, 15) is 9.90 Å².